The molecule has 0 amide bonds. The Kier molecular flexibility index (Phi) is 6.90. The van der Waals surface area contributed by atoms with Crippen molar-refractivity contribution in [2.24, 2.45) is 5.41 Å². The molecular weight excluding hydrogens is 546 g/mol. The van der Waals surface area contributed by atoms with Crippen LogP contribution in [0.4, 0.5) is 11.4 Å². The lowest BCUT2D eigenvalue weighted by atomic mass is 9.96. The molecule has 1 fully saturated rings. The summed E-state index contributed by atoms with van der Waals surface area (Å²) in [4.78, 5) is 16.2. The van der Waals surface area contributed by atoms with E-state index >= 15 is 0 Å². The van der Waals surface area contributed by atoms with Crippen LogP contribution in [0.5, 0.6) is 0 Å². The number of anilines is 2. The van der Waals surface area contributed by atoms with Gasteiger partial charge in [-0.1, -0.05) is 32.9 Å². The number of fused-ring (bicyclic) bond motifs is 1. The normalized spacial score (nSPS) is 16.0. The predicted molar refractivity (Wildman–Crippen MR) is 151 cm³/mol. The number of halogens is 1. The predicted octanol–water partition coefficient (Wildman–Crippen LogP) is 5.51. The highest BCUT2D eigenvalue weighted by Gasteiger charge is 2.32. The standard InChI is InChI=1S/C28H30BrN7O2/c1-28(2,3)15-32-24-18(12-30)13-31-26-21(24)10-19(11-22(26)29)33-25(16-5-4-6-17(9-16)27(37)38)23-14-36(35-34-23)20-7-8-20/h4-6,9-11,13-14,20,25,33-35H,7-8,15H2,1-3H3,(H,31,32)(H,37,38)/t25-/m0/s1. The lowest BCUT2D eigenvalue weighted by molar-refractivity contribution is 0.0696. The second kappa shape index (κ2) is 10.2. The summed E-state index contributed by atoms with van der Waals surface area (Å²) in [5, 5.41) is 29.3. The molecule has 5 rings (SSSR count). The number of nitrogens with zero attached hydrogens (tertiary/aromatic N) is 3. The molecule has 3 aromatic rings. The highest BCUT2D eigenvalue weighted by molar-refractivity contribution is 9.10. The minimum absolute atomic E-state index is 0.0106. The molecular formula is C28H30BrN7O2. The first kappa shape index (κ1) is 25.8. The fraction of sp³-hybridized carbons (Fsp3) is 0.321. The summed E-state index contributed by atoms with van der Waals surface area (Å²) in [6.45, 7) is 7.08. The van der Waals surface area contributed by atoms with Crippen LogP contribution in [0.2, 0.25) is 0 Å². The molecule has 1 aliphatic carbocycles. The van der Waals surface area contributed by atoms with E-state index in [9.17, 15) is 15.2 Å². The summed E-state index contributed by atoms with van der Waals surface area (Å²) in [6.07, 6.45) is 5.88. The van der Waals surface area contributed by atoms with Gasteiger partial charge in [0.2, 0.25) is 0 Å². The topological polar surface area (TPSA) is 125 Å². The van der Waals surface area contributed by atoms with Crippen molar-refractivity contribution in [3.8, 4) is 6.07 Å². The number of hydrogen-bond donors (Lipinski definition) is 5. The molecule has 38 heavy (non-hydrogen) atoms. The Labute approximate surface area is 230 Å². The van der Waals surface area contributed by atoms with Crippen LogP contribution in [0.1, 0.15) is 61.1 Å². The third-order valence-corrected chi connectivity index (χ3v) is 7.08. The molecule has 1 atom stereocenters. The number of carboxylic acid groups (broad SMARTS) is 1. The molecule has 0 saturated heterocycles. The lowest BCUT2D eigenvalue weighted by Gasteiger charge is -2.23. The van der Waals surface area contributed by atoms with Crippen molar-refractivity contribution >= 4 is 44.2 Å². The van der Waals surface area contributed by atoms with Gasteiger partial charge >= 0.3 is 5.97 Å². The highest BCUT2D eigenvalue weighted by Crippen LogP contribution is 2.37. The van der Waals surface area contributed by atoms with Gasteiger partial charge in [0.25, 0.3) is 0 Å². The van der Waals surface area contributed by atoms with E-state index in [1.165, 1.54) is 0 Å². The van der Waals surface area contributed by atoms with Gasteiger partial charge < -0.3 is 21.2 Å². The Bertz CT molecular complexity index is 1470. The van der Waals surface area contributed by atoms with Crippen LogP contribution in [0.25, 0.3) is 10.9 Å². The average Bonchev–Trinajstić information content (AvgIpc) is 3.62. The molecule has 1 saturated carbocycles. The third-order valence-electron chi connectivity index (χ3n) is 6.48. The Morgan fingerprint density at radius 1 is 1.32 bits per heavy atom. The molecule has 0 unspecified atom stereocenters. The van der Waals surface area contributed by atoms with Gasteiger partial charge in [0.1, 0.15) is 6.07 Å². The van der Waals surface area contributed by atoms with Gasteiger partial charge in [0, 0.05) is 40.5 Å². The molecule has 196 valence electrons. The second-order valence-corrected chi connectivity index (χ2v) is 11.7. The first-order chi connectivity index (χ1) is 18.1. The van der Waals surface area contributed by atoms with E-state index in [0.29, 0.717) is 18.2 Å². The lowest BCUT2D eigenvalue weighted by Crippen LogP contribution is -2.38. The Morgan fingerprint density at radius 3 is 2.79 bits per heavy atom. The zero-order valence-corrected chi connectivity index (χ0v) is 23.1. The number of carboxylic acids is 1. The number of aromatic carboxylic acids is 1. The van der Waals surface area contributed by atoms with E-state index in [4.69, 9.17) is 0 Å². The molecule has 9 nitrogen and oxygen atoms in total. The number of nitriles is 1. The SMILES string of the molecule is CC(C)(C)CNc1c(C#N)cnc2c(Br)cc(N[C@H](C3=CN(C4CC4)NN3)c3cccc(C(=O)O)c3)cc12. The number of pyridine rings is 1. The molecule has 1 aliphatic heterocycles. The van der Waals surface area contributed by atoms with Gasteiger partial charge in [-0.15, -0.1) is 5.53 Å². The maximum atomic E-state index is 11.7. The van der Waals surface area contributed by atoms with Crippen molar-refractivity contribution in [3.63, 3.8) is 0 Å². The first-order valence-electron chi connectivity index (χ1n) is 12.5. The number of nitrogens with one attached hydrogen (secondary N) is 4. The van der Waals surface area contributed by atoms with Gasteiger partial charge in [0.05, 0.1) is 34.1 Å². The smallest absolute Gasteiger partial charge is 0.335 e. The number of aromatic nitrogens is 1. The number of benzene rings is 2. The van der Waals surface area contributed by atoms with Gasteiger partial charge in [-0.2, -0.15) is 5.26 Å². The van der Waals surface area contributed by atoms with Gasteiger partial charge in [-0.25, -0.2) is 4.79 Å². The van der Waals surface area contributed by atoms with Crippen LogP contribution in [0.15, 0.2) is 59.0 Å². The molecule has 1 aromatic heterocycles. The number of rotatable bonds is 8. The van der Waals surface area contributed by atoms with Crippen molar-refractivity contribution in [3.05, 3.63) is 75.7 Å². The first-order valence-corrected chi connectivity index (χ1v) is 13.3. The molecule has 2 aliphatic rings. The van der Waals surface area contributed by atoms with Crippen molar-refractivity contribution in [2.75, 3.05) is 17.2 Å². The van der Waals surface area contributed by atoms with Crippen LogP contribution in [-0.4, -0.2) is 33.7 Å². The van der Waals surface area contributed by atoms with Crippen molar-refractivity contribution in [1.29, 1.82) is 5.26 Å². The molecule has 10 heteroatoms. The zero-order chi connectivity index (χ0) is 27.0. The van der Waals surface area contributed by atoms with Crippen LogP contribution < -0.4 is 21.6 Å². The number of hydrogen-bond acceptors (Lipinski definition) is 8. The van der Waals surface area contributed by atoms with E-state index in [-0.39, 0.29) is 17.0 Å². The van der Waals surface area contributed by atoms with E-state index in [2.05, 4.69) is 74.4 Å². The number of carbonyl (C=O) groups is 1. The zero-order valence-electron chi connectivity index (χ0n) is 21.5. The summed E-state index contributed by atoms with van der Waals surface area (Å²) in [5.74, 6) is -0.977. The summed E-state index contributed by atoms with van der Waals surface area (Å²) in [5.41, 5.74) is 11.1. The van der Waals surface area contributed by atoms with Crippen LogP contribution in [-0.2, 0) is 0 Å². The highest BCUT2D eigenvalue weighted by atomic mass is 79.9. The fourth-order valence-electron chi connectivity index (χ4n) is 4.37. The minimum Gasteiger partial charge on any atom is -0.478 e. The van der Waals surface area contributed by atoms with Crippen LogP contribution >= 0.6 is 15.9 Å². The Balaban J connectivity index is 1.57. The summed E-state index contributed by atoms with van der Waals surface area (Å²) < 4.78 is 0.782. The Hall–Kier alpha value is -3.81. The van der Waals surface area contributed by atoms with Crippen molar-refractivity contribution in [1.82, 2.24) is 21.0 Å². The third kappa shape index (κ3) is 5.54. The van der Waals surface area contributed by atoms with Gasteiger partial charge in [-0.05, 0) is 64.0 Å². The van der Waals surface area contributed by atoms with E-state index < -0.39 is 5.97 Å². The van der Waals surface area contributed by atoms with E-state index in [1.807, 2.05) is 24.4 Å². The molecule has 0 spiro atoms. The van der Waals surface area contributed by atoms with E-state index in [1.54, 1.807) is 24.4 Å². The fourth-order valence-corrected chi connectivity index (χ4v) is 4.93. The summed E-state index contributed by atoms with van der Waals surface area (Å²) in [6, 6.07) is 13.2. The maximum absolute atomic E-state index is 11.7. The van der Waals surface area contributed by atoms with Crippen LogP contribution in [0, 0.1) is 16.7 Å². The molecule has 2 aromatic carbocycles. The number of hydrazine groups is 2. The van der Waals surface area contributed by atoms with Crippen molar-refractivity contribution < 1.29 is 9.90 Å². The quantitative estimate of drug-likeness (QED) is 0.236. The van der Waals surface area contributed by atoms with Crippen LogP contribution in [0.3, 0.4) is 0 Å². The average molecular weight is 576 g/mol. The second-order valence-electron chi connectivity index (χ2n) is 10.9. The summed E-state index contributed by atoms with van der Waals surface area (Å²) >= 11 is 3.67. The molecule has 0 bridgehead atoms. The molecule has 5 N–H and O–H groups in total. The van der Waals surface area contributed by atoms with E-state index in [0.717, 1.165) is 50.9 Å². The van der Waals surface area contributed by atoms with Gasteiger partial charge in [-0.3, -0.25) is 9.99 Å². The Morgan fingerprint density at radius 2 is 2.11 bits per heavy atom. The molecule has 2 heterocycles. The van der Waals surface area contributed by atoms with Crippen molar-refractivity contribution in [2.45, 2.75) is 45.7 Å². The maximum Gasteiger partial charge on any atom is 0.335 e. The molecule has 0 radical (unpaired) electrons. The summed E-state index contributed by atoms with van der Waals surface area (Å²) in [7, 11) is 0. The monoisotopic (exact) mass is 575 g/mol. The largest absolute Gasteiger partial charge is 0.478 e. The minimum atomic E-state index is -0.977. The van der Waals surface area contributed by atoms with Gasteiger partial charge in [0.15, 0.2) is 0 Å².